The molecule has 192 valence electrons. The number of halogens is 2. The van der Waals surface area contributed by atoms with E-state index >= 15 is 0 Å². The van der Waals surface area contributed by atoms with Crippen molar-refractivity contribution < 1.29 is 9.47 Å². The molecule has 2 atom stereocenters. The van der Waals surface area contributed by atoms with Crippen molar-refractivity contribution in [3.05, 3.63) is 62.9 Å². The maximum absolute atomic E-state index is 13.0. The van der Waals surface area contributed by atoms with Crippen LogP contribution in [0.15, 0.2) is 46.1 Å². The molecule has 8 nitrogen and oxygen atoms in total. The van der Waals surface area contributed by atoms with Gasteiger partial charge in [0, 0.05) is 30.8 Å². The Bertz CT molecular complexity index is 1490. The summed E-state index contributed by atoms with van der Waals surface area (Å²) in [6.45, 7) is 3.85. The van der Waals surface area contributed by atoms with Crippen LogP contribution in [0.25, 0.3) is 20.4 Å². The molecule has 1 N–H and O–H groups in total. The molecule has 1 aromatic carbocycles. The van der Waals surface area contributed by atoms with Crippen molar-refractivity contribution in [2.75, 3.05) is 33.4 Å². The Hall–Kier alpha value is -2.59. The summed E-state index contributed by atoms with van der Waals surface area (Å²) in [5.41, 5.74) is 1.82. The number of likely N-dealkylation sites (tertiary alicyclic amines) is 1. The Kier molecular flexibility index (Phi) is 7.94. The Morgan fingerprint density at radius 1 is 1.19 bits per heavy atom. The molecule has 1 saturated heterocycles. The number of H-pyrrole nitrogens is 1. The van der Waals surface area contributed by atoms with Crippen molar-refractivity contribution in [2.24, 2.45) is 5.92 Å². The maximum Gasteiger partial charge on any atom is 0.328 e. The second kappa shape index (κ2) is 10.8. The summed E-state index contributed by atoms with van der Waals surface area (Å²) in [6, 6.07) is 9.77. The van der Waals surface area contributed by atoms with E-state index in [0.717, 1.165) is 48.7 Å². The van der Waals surface area contributed by atoms with Gasteiger partial charge in [0.05, 0.1) is 23.9 Å². The third-order valence-electron chi connectivity index (χ3n) is 7.11. The largest absolute Gasteiger partial charge is 0.496 e. The van der Waals surface area contributed by atoms with Gasteiger partial charge in [-0.3, -0.25) is 14.3 Å². The molecule has 0 unspecified atom stereocenters. The van der Waals surface area contributed by atoms with Crippen LogP contribution in [0.4, 0.5) is 0 Å². The molecule has 2 aliphatic heterocycles. The average molecular weight is 551 g/mol. The van der Waals surface area contributed by atoms with Crippen molar-refractivity contribution in [1.29, 1.82) is 0 Å². The van der Waals surface area contributed by atoms with Crippen molar-refractivity contribution in [3.63, 3.8) is 0 Å². The van der Waals surface area contributed by atoms with Crippen LogP contribution in [0.1, 0.15) is 24.3 Å². The van der Waals surface area contributed by atoms with Gasteiger partial charge in [0.2, 0.25) is 0 Å². The van der Waals surface area contributed by atoms with Gasteiger partial charge < -0.3 is 19.4 Å². The zero-order valence-electron chi connectivity index (χ0n) is 19.8. The number of aromatic nitrogens is 3. The van der Waals surface area contributed by atoms with Gasteiger partial charge in [-0.2, -0.15) is 0 Å². The zero-order chi connectivity index (χ0) is 23.2. The van der Waals surface area contributed by atoms with Gasteiger partial charge in [-0.1, -0.05) is 6.07 Å². The molecule has 36 heavy (non-hydrogen) atoms. The number of nitrogens with one attached hydrogen (secondary N) is 1. The second-order valence-electron chi connectivity index (χ2n) is 9.04. The number of aromatic amines is 1. The number of ether oxygens (including phenoxy) is 2. The number of methoxy groups -OCH3 is 1. The molecule has 0 amide bonds. The van der Waals surface area contributed by atoms with E-state index in [2.05, 4.69) is 14.9 Å². The smallest absolute Gasteiger partial charge is 0.328 e. The Morgan fingerprint density at radius 2 is 2.06 bits per heavy atom. The standard InChI is InChI=1S/C25H26N4O4S.2ClH/c1-32-17-5-2-6-18-20(17)16-8-12-28(13-15(16)14-33-18)10-4-11-29-24(30)23-22(27-25(29)31)21-19(34-23)7-3-9-26-21;;/h2-3,5-7,9,15-16H,4,8,10-14H2,1H3,(H,27,31);2*1H/t15-,16+;;/m0../s1. The number of thiophene rings is 1. The second-order valence-corrected chi connectivity index (χ2v) is 10.1. The molecule has 0 bridgehead atoms. The highest BCUT2D eigenvalue weighted by molar-refractivity contribution is 7.25. The lowest BCUT2D eigenvalue weighted by molar-refractivity contribution is 0.0899. The Labute approximate surface area is 224 Å². The lowest BCUT2D eigenvalue weighted by Crippen LogP contribution is -2.44. The first-order valence-corrected chi connectivity index (χ1v) is 12.5. The first-order valence-electron chi connectivity index (χ1n) is 11.7. The zero-order valence-corrected chi connectivity index (χ0v) is 22.2. The molecule has 3 aromatic heterocycles. The van der Waals surface area contributed by atoms with Crippen molar-refractivity contribution >= 4 is 56.6 Å². The molecule has 4 aromatic rings. The molecule has 2 aliphatic rings. The fourth-order valence-corrected chi connectivity index (χ4v) is 6.56. The van der Waals surface area contributed by atoms with Gasteiger partial charge >= 0.3 is 5.69 Å². The number of piperidine rings is 1. The van der Waals surface area contributed by atoms with Crippen LogP contribution >= 0.6 is 36.2 Å². The van der Waals surface area contributed by atoms with Gasteiger partial charge in [0.25, 0.3) is 5.56 Å². The summed E-state index contributed by atoms with van der Waals surface area (Å²) in [4.78, 5) is 35.4. The molecule has 0 saturated carbocycles. The maximum atomic E-state index is 13.0. The lowest BCUT2D eigenvalue weighted by atomic mass is 9.78. The lowest BCUT2D eigenvalue weighted by Gasteiger charge is -2.42. The number of rotatable bonds is 5. The molecular formula is C25H28Cl2N4O4S. The quantitative estimate of drug-likeness (QED) is 0.403. The molecule has 5 heterocycles. The molecule has 1 fully saturated rings. The van der Waals surface area contributed by atoms with E-state index in [4.69, 9.17) is 9.47 Å². The molecule has 11 heteroatoms. The first kappa shape index (κ1) is 26.5. The number of benzene rings is 1. The van der Waals surface area contributed by atoms with Crippen molar-refractivity contribution in [1.82, 2.24) is 19.4 Å². The fraction of sp³-hybridized carbons (Fsp3) is 0.400. The summed E-state index contributed by atoms with van der Waals surface area (Å²) in [7, 11) is 1.71. The predicted molar refractivity (Wildman–Crippen MR) is 147 cm³/mol. The third-order valence-corrected chi connectivity index (χ3v) is 8.24. The molecule has 6 rings (SSSR count). The topological polar surface area (TPSA) is 89.5 Å². The Morgan fingerprint density at radius 3 is 2.89 bits per heavy atom. The van der Waals surface area contributed by atoms with Crippen LogP contribution in [0, 0.1) is 5.92 Å². The van der Waals surface area contributed by atoms with Crippen LogP contribution in [0.3, 0.4) is 0 Å². The van der Waals surface area contributed by atoms with Gasteiger partial charge in [-0.25, -0.2) is 4.79 Å². The summed E-state index contributed by atoms with van der Waals surface area (Å²) in [6.07, 6.45) is 3.45. The van der Waals surface area contributed by atoms with E-state index < -0.39 is 0 Å². The summed E-state index contributed by atoms with van der Waals surface area (Å²) in [5.74, 6) is 2.70. The van der Waals surface area contributed by atoms with Gasteiger partial charge in [-0.15, -0.1) is 36.2 Å². The van der Waals surface area contributed by atoms with E-state index in [1.807, 2.05) is 30.3 Å². The SMILES string of the molecule is COc1cccc2c1[C@@H]1CCN(CCCn3c(=O)[nH]c4c(sc5cccnc54)c3=O)C[C@H]1CO2.Cl.Cl. The Balaban J connectivity index is 0.00000152. The van der Waals surface area contributed by atoms with Crippen LogP contribution in [-0.4, -0.2) is 52.8 Å². The minimum absolute atomic E-state index is 0. The summed E-state index contributed by atoms with van der Waals surface area (Å²) < 4.78 is 14.5. The number of nitrogens with zero attached hydrogens (tertiary/aromatic N) is 3. The predicted octanol–water partition coefficient (Wildman–Crippen LogP) is 4.04. The molecule has 0 aliphatic carbocycles. The van der Waals surface area contributed by atoms with Crippen LogP contribution in [0.5, 0.6) is 11.5 Å². The van der Waals surface area contributed by atoms with Gasteiger partial charge in [0.15, 0.2) is 0 Å². The van der Waals surface area contributed by atoms with Crippen LogP contribution < -0.4 is 20.7 Å². The highest BCUT2D eigenvalue weighted by Crippen LogP contribution is 2.46. The first-order chi connectivity index (χ1) is 16.6. The van der Waals surface area contributed by atoms with Crippen molar-refractivity contribution in [2.45, 2.75) is 25.3 Å². The van der Waals surface area contributed by atoms with E-state index in [1.54, 1.807) is 13.3 Å². The highest BCUT2D eigenvalue weighted by atomic mass is 35.5. The van der Waals surface area contributed by atoms with E-state index in [9.17, 15) is 9.59 Å². The van der Waals surface area contributed by atoms with Crippen molar-refractivity contribution in [3.8, 4) is 11.5 Å². The van der Waals surface area contributed by atoms with E-state index in [1.165, 1.54) is 21.5 Å². The average Bonchev–Trinajstić information content (AvgIpc) is 3.24. The summed E-state index contributed by atoms with van der Waals surface area (Å²) >= 11 is 1.38. The highest BCUT2D eigenvalue weighted by Gasteiger charge is 2.37. The molecular weight excluding hydrogens is 523 g/mol. The third kappa shape index (κ3) is 4.49. The monoisotopic (exact) mass is 550 g/mol. The van der Waals surface area contributed by atoms with Gasteiger partial charge in [0.1, 0.15) is 21.7 Å². The van der Waals surface area contributed by atoms with Crippen LogP contribution in [-0.2, 0) is 6.54 Å². The molecule has 0 spiro atoms. The number of hydrogen-bond acceptors (Lipinski definition) is 7. The van der Waals surface area contributed by atoms with E-state index in [0.29, 0.717) is 40.7 Å². The minimum atomic E-state index is -0.369. The van der Waals surface area contributed by atoms with E-state index in [-0.39, 0.29) is 36.1 Å². The normalized spacial score (nSPS) is 19.0. The molecule has 0 radical (unpaired) electrons. The number of hydrogen-bond donors (Lipinski definition) is 1. The fourth-order valence-electron chi connectivity index (χ4n) is 5.49. The minimum Gasteiger partial charge on any atom is -0.496 e. The van der Waals surface area contributed by atoms with Gasteiger partial charge in [-0.05, 0) is 56.1 Å². The van der Waals surface area contributed by atoms with Crippen LogP contribution in [0.2, 0.25) is 0 Å². The summed E-state index contributed by atoms with van der Waals surface area (Å²) in [5, 5.41) is 0. The number of pyridine rings is 1. The number of fused-ring (bicyclic) bond motifs is 6.